The zero-order chi connectivity index (χ0) is 24.8. The number of aromatic nitrogens is 1. The Balaban J connectivity index is 1.46. The van der Waals surface area contributed by atoms with E-state index in [4.69, 9.17) is 0 Å². The van der Waals surface area contributed by atoms with E-state index >= 15 is 0 Å². The summed E-state index contributed by atoms with van der Waals surface area (Å²) in [4.78, 5) is 41.5. The number of nitrogens with one attached hydrogen (secondary N) is 2. The number of hydrogen-bond donors (Lipinski definition) is 2. The van der Waals surface area contributed by atoms with Gasteiger partial charge in [-0.2, -0.15) is 0 Å². The van der Waals surface area contributed by atoms with Crippen LogP contribution < -0.4 is 16.1 Å². The molecule has 1 fully saturated rings. The van der Waals surface area contributed by atoms with E-state index < -0.39 is 17.2 Å². The molecule has 2 amide bonds. The van der Waals surface area contributed by atoms with Gasteiger partial charge in [0.2, 0.25) is 5.43 Å². The first-order valence-electron chi connectivity index (χ1n) is 12.1. The van der Waals surface area contributed by atoms with E-state index in [9.17, 15) is 14.4 Å². The molecule has 0 saturated carbocycles. The van der Waals surface area contributed by atoms with Crippen molar-refractivity contribution in [2.24, 2.45) is 0 Å². The molecule has 3 aromatic rings. The summed E-state index contributed by atoms with van der Waals surface area (Å²) in [5, 5.41) is 5.82. The fourth-order valence-corrected chi connectivity index (χ4v) is 4.29. The van der Waals surface area contributed by atoms with Gasteiger partial charge in [-0.3, -0.25) is 19.3 Å². The molecular formula is C28H32N4O3. The topological polar surface area (TPSA) is 83.4 Å². The van der Waals surface area contributed by atoms with E-state index in [0.29, 0.717) is 6.54 Å². The number of hydrogen-bond acceptors (Lipinski definition) is 4. The minimum Gasteiger partial charge on any atom is -0.350 e. The van der Waals surface area contributed by atoms with Crippen molar-refractivity contribution >= 4 is 11.8 Å². The highest BCUT2D eigenvalue weighted by atomic mass is 16.2. The average Bonchev–Trinajstić information content (AvgIpc) is 3.30. The van der Waals surface area contributed by atoms with Gasteiger partial charge in [0.25, 0.3) is 11.8 Å². The molecule has 0 aliphatic carbocycles. The van der Waals surface area contributed by atoms with E-state index in [1.807, 2.05) is 62.4 Å². The molecule has 2 heterocycles. The Morgan fingerprint density at radius 3 is 2.14 bits per heavy atom. The fraction of sp³-hybridized carbons (Fsp3) is 0.321. The Morgan fingerprint density at radius 1 is 0.914 bits per heavy atom. The first kappa shape index (κ1) is 24.4. The lowest BCUT2D eigenvalue weighted by Crippen LogP contribution is -2.40. The van der Waals surface area contributed by atoms with Crippen molar-refractivity contribution in [1.82, 2.24) is 20.1 Å². The number of carbonyl (C=O) groups excluding carboxylic acids is 2. The minimum absolute atomic E-state index is 0.00688. The summed E-state index contributed by atoms with van der Waals surface area (Å²) in [5.74, 6) is -0.925. The molecule has 1 aliphatic rings. The predicted molar refractivity (Wildman–Crippen MR) is 136 cm³/mol. The summed E-state index contributed by atoms with van der Waals surface area (Å²) in [6, 6.07) is 19.6. The molecule has 7 nitrogen and oxygen atoms in total. The standard InChI is InChI=1S/C28H32N4O3/c1-20(2)32-18-24(27(34)29-15-21-9-5-3-6-10-21)26(33)25(19-32)28(35)30-23-13-14-31(17-23)16-22-11-7-4-8-12-22/h3-12,18-20,23H,13-17H2,1-2H3,(H,29,34)(H,30,35)/t23-/m1/s1. The third kappa shape index (κ3) is 6.25. The number of amides is 2. The largest absolute Gasteiger partial charge is 0.350 e. The highest BCUT2D eigenvalue weighted by molar-refractivity contribution is 5.99. The molecule has 0 unspecified atom stereocenters. The molecule has 2 aromatic carbocycles. The Bertz CT molecular complexity index is 1220. The van der Waals surface area contributed by atoms with E-state index in [1.165, 1.54) is 11.8 Å². The van der Waals surface area contributed by atoms with Gasteiger partial charge < -0.3 is 15.2 Å². The van der Waals surface area contributed by atoms with Crippen molar-refractivity contribution < 1.29 is 9.59 Å². The first-order chi connectivity index (χ1) is 16.9. The maximum atomic E-state index is 13.2. The van der Waals surface area contributed by atoms with Gasteiger partial charge >= 0.3 is 0 Å². The smallest absolute Gasteiger partial charge is 0.257 e. The van der Waals surface area contributed by atoms with Crippen molar-refractivity contribution in [2.45, 2.75) is 45.4 Å². The van der Waals surface area contributed by atoms with Crippen molar-refractivity contribution in [2.75, 3.05) is 13.1 Å². The SMILES string of the molecule is CC(C)n1cc(C(=O)NCc2ccccc2)c(=O)c(C(=O)N[C@@H]2CCN(Cc3ccccc3)C2)c1. The number of carbonyl (C=O) groups is 2. The van der Waals surface area contributed by atoms with Gasteiger partial charge in [-0.05, 0) is 31.4 Å². The highest BCUT2D eigenvalue weighted by Gasteiger charge is 2.26. The van der Waals surface area contributed by atoms with Crippen LogP contribution in [0.5, 0.6) is 0 Å². The molecule has 1 atom stereocenters. The molecule has 2 N–H and O–H groups in total. The Kier molecular flexibility index (Phi) is 7.77. The minimum atomic E-state index is -0.552. The summed E-state index contributed by atoms with van der Waals surface area (Å²) in [7, 11) is 0. The lowest BCUT2D eigenvalue weighted by molar-refractivity contribution is 0.0935. The lowest BCUT2D eigenvalue weighted by atomic mass is 10.1. The monoisotopic (exact) mass is 472 g/mol. The third-order valence-corrected chi connectivity index (χ3v) is 6.28. The number of nitrogens with zero attached hydrogens (tertiary/aromatic N) is 2. The van der Waals surface area contributed by atoms with Crippen LogP contribution in [0.1, 0.15) is 58.2 Å². The molecule has 182 valence electrons. The fourth-order valence-electron chi connectivity index (χ4n) is 4.29. The van der Waals surface area contributed by atoms with Crippen LogP contribution in [0.2, 0.25) is 0 Å². The van der Waals surface area contributed by atoms with Crippen LogP contribution in [0.4, 0.5) is 0 Å². The van der Waals surface area contributed by atoms with Crippen LogP contribution in [-0.2, 0) is 13.1 Å². The Morgan fingerprint density at radius 2 is 1.51 bits per heavy atom. The molecule has 35 heavy (non-hydrogen) atoms. The van der Waals surface area contributed by atoms with Crippen LogP contribution >= 0.6 is 0 Å². The molecule has 1 aromatic heterocycles. The number of pyridine rings is 1. The van der Waals surface area contributed by atoms with Gasteiger partial charge in [-0.25, -0.2) is 0 Å². The molecule has 4 rings (SSSR count). The zero-order valence-electron chi connectivity index (χ0n) is 20.2. The second-order valence-corrected chi connectivity index (χ2v) is 9.30. The van der Waals surface area contributed by atoms with Crippen LogP contribution in [0.15, 0.2) is 77.9 Å². The quantitative estimate of drug-likeness (QED) is 0.527. The van der Waals surface area contributed by atoms with Gasteiger partial charge in [0, 0.05) is 50.7 Å². The van der Waals surface area contributed by atoms with Crippen LogP contribution in [0.25, 0.3) is 0 Å². The maximum absolute atomic E-state index is 13.2. The summed E-state index contributed by atoms with van der Waals surface area (Å²) >= 11 is 0. The molecule has 1 saturated heterocycles. The van der Waals surface area contributed by atoms with Crippen LogP contribution in [-0.4, -0.2) is 40.4 Å². The third-order valence-electron chi connectivity index (χ3n) is 6.28. The van der Waals surface area contributed by atoms with Gasteiger partial charge in [-0.15, -0.1) is 0 Å². The summed E-state index contributed by atoms with van der Waals surface area (Å²) in [6.45, 7) is 6.60. The van der Waals surface area contributed by atoms with E-state index in [0.717, 1.165) is 31.6 Å². The van der Waals surface area contributed by atoms with E-state index in [1.54, 1.807) is 10.8 Å². The van der Waals surface area contributed by atoms with Crippen molar-refractivity contribution in [3.8, 4) is 0 Å². The van der Waals surface area contributed by atoms with Gasteiger partial charge in [0.15, 0.2) is 0 Å². The second-order valence-electron chi connectivity index (χ2n) is 9.30. The van der Waals surface area contributed by atoms with Crippen molar-refractivity contribution in [1.29, 1.82) is 0 Å². The summed E-state index contributed by atoms with van der Waals surface area (Å²) in [5.41, 5.74) is 1.57. The van der Waals surface area contributed by atoms with Crippen molar-refractivity contribution in [3.05, 3.63) is 106 Å². The average molecular weight is 473 g/mol. The predicted octanol–water partition coefficient (Wildman–Crippen LogP) is 3.36. The Labute approximate surface area is 205 Å². The van der Waals surface area contributed by atoms with Gasteiger partial charge in [0.05, 0.1) is 0 Å². The normalized spacial score (nSPS) is 15.8. The van der Waals surface area contributed by atoms with Crippen LogP contribution in [0, 0.1) is 0 Å². The molecule has 0 spiro atoms. The Hall–Kier alpha value is -3.71. The molecule has 1 aliphatic heterocycles. The maximum Gasteiger partial charge on any atom is 0.257 e. The van der Waals surface area contributed by atoms with E-state index in [2.05, 4.69) is 27.7 Å². The molecular weight excluding hydrogens is 440 g/mol. The second kappa shape index (κ2) is 11.1. The van der Waals surface area contributed by atoms with Gasteiger partial charge in [0.1, 0.15) is 11.1 Å². The lowest BCUT2D eigenvalue weighted by Gasteiger charge is -2.18. The van der Waals surface area contributed by atoms with E-state index in [-0.39, 0.29) is 23.2 Å². The first-order valence-corrected chi connectivity index (χ1v) is 12.1. The van der Waals surface area contributed by atoms with Gasteiger partial charge in [-0.1, -0.05) is 60.7 Å². The number of benzene rings is 2. The van der Waals surface area contributed by atoms with Crippen LogP contribution in [0.3, 0.4) is 0 Å². The van der Waals surface area contributed by atoms with Crippen molar-refractivity contribution in [3.63, 3.8) is 0 Å². The molecule has 0 bridgehead atoms. The number of likely N-dealkylation sites (tertiary alicyclic amines) is 1. The molecule has 7 heteroatoms. The highest BCUT2D eigenvalue weighted by Crippen LogP contribution is 2.14. The zero-order valence-corrected chi connectivity index (χ0v) is 20.2. The molecule has 0 radical (unpaired) electrons. The summed E-state index contributed by atoms with van der Waals surface area (Å²) in [6.07, 6.45) is 3.89. The number of rotatable bonds is 8. The summed E-state index contributed by atoms with van der Waals surface area (Å²) < 4.78 is 1.74.